The molecule has 0 heterocycles. The zero-order chi connectivity index (χ0) is 27.5. The van der Waals surface area contributed by atoms with Gasteiger partial charge < -0.3 is 27.0 Å². The summed E-state index contributed by atoms with van der Waals surface area (Å²) in [5, 5.41) is 9.55. The summed E-state index contributed by atoms with van der Waals surface area (Å²) < 4.78 is 38.0. The van der Waals surface area contributed by atoms with Gasteiger partial charge in [-0.3, -0.25) is 24.0 Å². The summed E-state index contributed by atoms with van der Waals surface area (Å²) in [7, 11) is 0. The normalized spacial score (nSPS) is 15.1. The Morgan fingerprint density at radius 2 is 1.23 bits per heavy atom. The summed E-state index contributed by atoms with van der Waals surface area (Å²) >= 11 is 0. The molecule has 4 amide bonds. The Bertz CT molecular complexity index is 758. The Hall–Kier alpha value is -2.70. The van der Waals surface area contributed by atoms with Gasteiger partial charge in [0.25, 0.3) is 5.78 Å². The van der Waals surface area contributed by atoms with Crippen LogP contribution >= 0.6 is 0 Å². The number of carbonyl (C=O) groups excluding carboxylic acids is 5. The molecule has 10 nitrogen and oxygen atoms in total. The van der Waals surface area contributed by atoms with E-state index in [0.29, 0.717) is 19.4 Å². The van der Waals surface area contributed by atoms with Crippen LogP contribution in [-0.2, 0) is 24.0 Å². The van der Waals surface area contributed by atoms with E-state index in [-0.39, 0.29) is 12.3 Å². The summed E-state index contributed by atoms with van der Waals surface area (Å²) in [6, 6.07) is -5.11. The molecule has 0 aliphatic rings. The summed E-state index contributed by atoms with van der Waals surface area (Å²) in [6.45, 7) is 9.19. The first-order valence-corrected chi connectivity index (χ1v) is 11.5. The third-order valence-electron chi connectivity index (χ3n) is 5.17. The molecule has 0 aliphatic carbocycles. The van der Waals surface area contributed by atoms with Crippen LogP contribution in [-0.4, -0.2) is 66.3 Å². The molecule has 1 unspecified atom stereocenters. The van der Waals surface area contributed by atoms with E-state index in [9.17, 15) is 37.1 Å². The predicted molar refractivity (Wildman–Crippen MR) is 123 cm³/mol. The number of ketones is 1. The largest absolute Gasteiger partial charge is 0.452 e. The lowest BCUT2D eigenvalue weighted by Gasteiger charge is -2.28. The number of carbonyl (C=O) groups is 5. The number of nitrogens with two attached hydrogens (primary N) is 1. The van der Waals surface area contributed by atoms with Crippen LogP contribution in [0, 0.1) is 11.8 Å². The van der Waals surface area contributed by atoms with Crippen LogP contribution in [0.2, 0.25) is 0 Å². The Morgan fingerprint density at radius 3 is 1.66 bits per heavy atom. The van der Waals surface area contributed by atoms with Crippen molar-refractivity contribution in [1.29, 1.82) is 0 Å². The minimum absolute atomic E-state index is 0.0565. The standard InChI is InChI=1S/C22H38F3N5O5/c1-11(2)16(28-14(6)31)21(35)30-17(12(3)4)20(34)29-15(9-7-8-10-26)19(33)27-13(5)18(32)22(23,24)25/h11-13,15-17H,7-10,26H2,1-6H3,(H,27,33)(H,28,31)(H,29,34)(H,30,35)/t13?,15-,16-,17-/m0/s1. The fourth-order valence-electron chi connectivity index (χ4n) is 3.18. The molecule has 0 bridgehead atoms. The molecule has 0 spiro atoms. The number of unbranched alkanes of at least 4 members (excludes halogenated alkanes) is 1. The van der Waals surface area contributed by atoms with Crippen molar-refractivity contribution in [3.05, 3.63) is 0 Å². The first-order chi connectivity index (χ1) is 16.0. The van der Waals surface area contributed by atoms with Crippen molar-refractivity contribution in [1.82, 2.24) is 21.3 Å². The van der Waals surface area contributed by atoms with Gasteiger partial charge in [0.15, 0.2) is 0 Å². The van der Waals surface area contributed by atoms with Crippen molar-refractivity contribution >= 4 is 29.4 Å². The molecule has 0 radical (unpaired) electrons. The van der Waals surface area contributed by atoms with Gasteiger partial charge in [0, 0.05) is 6.92 Å². The summed E-state index contributed by atoms with van der Waals surface area (Å²) in [5.74, 6) is -5.56. The van der Waals surface area contributed by atoms with Gasteiger partial charge in [-0.25, -0.2) is 0 Å². The molecule has 0 aromatic rings. The van der Waals surface area contributed by atoms with Gasteiger partial charge in [-0.05, 0) is 44.6 Å². The van der Waals surface area contributed by atoms with Gasteiger partial charge in [0.2, 0.25) is 23.6 Å². The van der Waals surface area contributed by atoms with Crippen molar-refractivity contribution in [3.8, 4) is 0 Å². The summed E-state index contributed by atoms with van der Waals surface area (Å²) in [4.78, 5) is 61.2. The average Bonchev–Trinajstić information content (AvgIpc) is 2.72. The number of nitrogens with one attached hydrogen (secondary N) is 4. The maximum absolute atomic E-state index is 13.0. The summed E-state index contributed by atoms with van der Waals surface area (Å²) in [5.41, 5.74) is 5.46. The van der Waals surface area contributed by atoms with E-state index in [2.05, 4.69) is 16.0 Å². The number of rotatable bonds is 14. The van der Waals surface area contributed by atoms with E-state index in [1.165, 1.54) is 6.92 Å². The number of amides is 4. The van der Waals surface area contributed by atoms with Crippen LogP contribution < -0.4 is 27.0 Å². The lowest BCUT2D eigenvalue weighted by Crippen LogP contribution is -2.59. The highest BCUT2D eigenvalue weighted by molar-refractivity contribution is 5.96. The van der Waals surface area contributed by atoms with Crippen molar-refractivity contribution in [2.24, 2.45) is 17.6 Å². The monoisotopic (exact) mass is 509 g/mol. The third-order valence-corrected chi connectivity index (χ3v) is 5.17. The SMILES string of the molecule is CC(=O)N[C@H](C(=O)N[C@H](C(=O)N[C@@H](CCCCN)C(=O)NC(C)C(=O)C(F)(F)F)C(C)C)C(C)C. The molecule has 0 saturated heterocycles. The molecule has 0 fully saturated rings. The van der Waals surface area contributed by atoms with Crippen LogP contribution in [0.15, 0.2) is 0 Å². The highest BCUT2D eigenvalue weighted by Crippen LogP contribution is 2.18. The highest BCUT2D eigenvalue weighted by atomic mass is 19.4. The van der Waals surface area contributed by atoms with Crippen molar-refractivity contribution in [3.63, 3.8) is 0 Å². The van der Waals surface area contributed by atoms with Crippen LogP contribution in [0.3, 0.4) is 0 Å². The highest BCUT2D eigenvalue weighted by Gasteiger charge is 2.42. The molecule has 4 atom stereocenters. The van der Waals surface area contributed by atoms with Crippen molar-refractivity contribution < 1.29 is 37.1 Å². The second-order valence-corrected chi connectivity index (χ2v) is 9.09. The minimum Gasteiger partial charge on any atom is -0.344 e. The van der Waals surface area contributed by atoms with Crippen molar-refractivity contribution in [2.45, 2.75) is 91.1 Å². The molecule has 0 aromatic carbocycles. The number of hydrogen-bond donors (Lipinski definition) is 5. The van der Waals surface area contributed by atoms with E-state index in [1.807, 2.05) is 5.32 Å². The molecule has 202 valence electrons. The first kappa shape index (κ1) is 32.3. The molecule has 35 heavy (non-hydrogen) atoms. The maximum atomic E-state index is 13.0. The molecule has 0 saturated carbocycles. The zero-order valence-corrected chi connectivity index (χ0v) is 21.0. The van der Waals surface area contributed by atoms with Gasteiger partial charge >= 0.3 is 6.18 Å². The van der Waals surface area contributed by atoms with Gasteiger partial charge in [0.1, 0.15) is 18.1 Å². The first-order valence-electron chi connectivity index (χ1n) is 11.5. The van der Waals surface area contributed by atoms with Gasteiger partial charge in [0.05, 0.1) is 6.04 Å². The lowest BCUT2D eigenvalue weighted by molar-refractivity contribution is -0.173. The van der Waals surface area contributed by atoms with Gasteiger partial charge in [-0.1, -0.05) is 27.7 Å². The van der Waals surface area contributed by atoms with Crippen LogP contribution in [0.25, 0.3) is 0 Å². The van der Waals surface area contributed by atoms with E-state index in [1.54, 1.807) is 27.7 Å². The predicted octanol–water partition coefficient (Wildman–Crippen LogP) is 0.538. The average molecular weight is 510 g/mol. The zero-order valence-electron chi connectivity index (χ0n) is 21.0. The fraction of sp³-hybridized carbons (Fsp3) is 0.773. The molecule has 6 N–H and O–H groups in total. The van der Waals surface area contributed by atoms with Crippen LogP contribution in [0.4, 0.5) is 13.2 Å². The molecular weight excluding hydrogens is 471 g/mol. The molecule has 0 aliphatic heterocycles. The topological polar surface area (TPSA) is 159 Å². The van der Waals surface area contributed by atoms with E-state index < -0.39 is 65.7 Å². The molecule has 0 aromatic heterocycles. The molecule has 0 rings (SSSR count). The lowest BCUT2D eigenvalue weighted by atomic mass is 9.99. The molecular formula is C22H38F3N5O5. The van der Waals surface area contributed by atoms with E-state index >= 15 is 0 Å². The third kappa shape index (κ3) is 11.5. The summed E-state index contributed by atoms with van der Waals surface area (Å²) in [6.07, 6.45) is -4.19. The van der Waals surface area contributed by atoms with E-state index in [4.69, 9.17) is 5.73 Å². The molecule has 13 heteroatoms. The number of halogens is 3. The van der Waals surface area contributed by atoms with Gasteiger partial charge in [-0.15, -0.1) is 0 Å². The maximum Gasteiger partial charge on any atom is 0.452 e. The van der Waals surface area contributed by atoms with E-state index in [0.717, 1.165) is 6.92 Å². The quantitative estimate of drug-likeness (QED) is 0.215. The Balaban J connectivity index is 5.59. The second kappa shape index (κ2) is 14.6. The Morgan fingerprint density at radius 1 is 0.743 bits per heavy atom. The van der Waals surface area contributed by atoms with Gasteiger partial charge in [-0.2, -0.15) is 13.2 Å². The van der Waals surface area contributed by atoms with Crippen LogP contribution in [0.5, 0.6) is 0 Å². The second-order valence-electron chi connectivity index (χ2n) is 9.09. The number of alkyl halides is 3. The smallest absolute Gasteiger partial charge is 0.344 e. The number of Topliss-reactive ketones (excluding diaryl/α,β-unsaturated/α-hetero) is 1. The minimum atomic E-state index is -5.13. The Kier molecular flexibility index (Phi) is 13.5. The van der Waals surface area contributed by atoms with Crippen molar-refractivity contribution in [2.75, 3.05) is 6.54 Å². The van der Waals surface area contributed by atoms with Crippen LogP contribution in [0.1, 0.15) is 60.8 Å². The fourth-order valence-corrected chi connectivity index (χ4v) is 3.18. The number of hydrogen-bond acceptors (Lipinski definition) is 6. The Labute approximate surface area is 203 Å².